The van der Waals surface area contributed by atoms with E-state index >= 15 is 0 Å². The molecule has 0 bridgehead atoms. The second kappa shape index (κ2) is 6.34. The highest BCUT2D eigenvalue weighted by atomic mass is 79.9. The second-order valence-electron chi connectivity index (χ2n) is 4.53. The Kier molecular flexibility index (Phi) is 4.47. The molecular formula is C15H11Br2FO3. The Hall–Kier alpha value is -1.11. The van der Waals surface area contributed by atoms with Gasteiger partial charge in [-0.3, -0.25) is 0 Å². The van der Waals surface area contributed by atoms with E-state index in [-0.39, 0.29) is 19.2 Å². The van der Waals surface area contributed by atoms with Crippen molar-refractivity contribution >= 4 is 31.9 Å². The van der Waals surface area contributed by atoms with Crippen molar-refractivity contribution in [3.05, 3.63) is 56.2 Å². The lowest BCUT2D eigenvalue weighted by atomic mass is 10.1. The molecule has 0 atom stereocenters. The minimum atomic E-state index is -0.323. The van der Waals surface area contributed by atoms with Crippen LogP contribution in [0.2, 0.25) is 0 Å². The molecule has 0 unspecified atom stereocenters. The molecule has 0 aliphatic carbocycles. The van der Waals surface area contributed by atoms with Gasteiger partial charge in [-0.15, -0.1) is 0 Å². The summed E-state index contributed by atoms with van der Waals surface area (Å²) >= 11 is 6.81. The molecule has 6 heteroatoms. The van der Waals surface area contributed by atoms with Crippen molar-refractivity contribution in [2.24, 2.45) is 0 Å². The van der Waals surface area contributed by atoms with Gasteiger partial charge in [-0.05, 0) is 46.3 Å². The zero-order valence-corrected chi connectivity index (χ0v) is 14.0. The second-order valence-corrected chi connectivity index (χ2v) is 6.30. The lowest BCUT2D eigenvalue weighted by molar-refractivity contribution is -0.0178. The summed E-state index contributed by atoms with van der Waals surface area (Å²) in [6, 6.07) is 8.46. The first-order valence-electron chi connectivity index (χ1n) is 6.23. The number of rotatable bonds is 3. The third kappa shape index (κ3) is 3.39. The van der Waals surface area contributed by atoms with Gasteiger partial charge in [-0.2, -0.15) is 0 Å². The molecular weight excluding hydrogens is 407 g/mol. The largest absolute Gasteiger partial charge is 0.488 e. The average Bonchev–Trinajstić information content (AvgIpc) is 2.46. The van der Waals surface area contributed by atoms with Crippen molar-refractivity contribution in [3.8, 4) is 11.5 Å². The van der Waals surface area contributed by atoms with Gasteiger partial charge in [-0.1, -0.05) is 15.9 Å². The number of ether oxygens (including phenoxy) is 3. The van der Waals surface area contributed by atoms with Crippen molar-refractivity contribution in [3.63, 3.8) is 0 Å². The van der Waals surface area contributed by atoms with Crippen LogP contribution >= 0.6 is 31.9 Å². The summed E-state index contributed by atoms with van der Waals surface area (Å²) in [6.45, 7) is 0.746. The highest BCUT2D eigenvalue weighted by molar-refractivity contribution is 9.11. The molecule has 2 aromatic rings. The van der Waals surface area contributed by atoms with Crippen molar-refractivity contribution < 1.29 is 18.6 Å². The molecule has 0 N–H and O–H groups in total. The van der Waals surface area contributed by atoms with Crippen molar-refractivity contribution in [2.45, 2.75) is 13.2 Å². The summed E-state index contributed by atoms with van der Waals surface area (Å²) in [5, 5.41) is 0. The third-order valence-electron chi connectivity index (χ3n) is 3.03. The molecule has 1 aliphatic heterocycles. The molecule has 2 aromatic carbocycles. The van der Waals surface area contributed by atoms with Crippen molar-refractivity contribution in [1.82, 2.24) is 0 Å². The highest BCUT2D eigenvalue weighted by Gasteiger charge is 2.17. The predicted molar refractivity (Wildman–Crippen MR) is 82.9 cm³/mol. The zero-order chi connectivity index (χ0) is 14.8. The predicted octanol–water partition coefficient (Wildman–Crippen LogP) is 4.80. The minimum absolute atomic E-state index is 0.174. The molecule has 0 radical (unpaired) electrons. The van der Waals surface area contributed by atoms with E-state index in [9.17, 15) is 4.39 Å². The smallest absolute Gasteiger partial charge is 0.189 e. The summed E-state index contributed by atoms with van der Waals surface area (Å²) in [4.78, 5) is 0. The van der Waals surface area contributed by atoms with Crippen LogP contribution in [0, 0.1) is 5.82 Å². The monoisotopic (exact) mass is 416 g/mol. The van der Waals surface area contributed by atoms with Crippen LogP contribution in [0.5, 0.6) is 11.5 Å². The maximum absolute atomic E-state index is 13.6. The van der Waals surface area contributed by atoms with E-state index in [0.29, 0.717) is 29.2 Å². The molecule has 0 amide bonds. The highest BCUT2D eigenvalue weighted by Crippen LogP contribution is 2.32. The fourth-order valence-electron chi connectivity index (χ4n) is 2.11. The molecule has 1 heterocycles. The standard InChI is InChI=1S/C15H11Br2FO3/c16-11-1-2-14(13(17)5-11)20-7-10-4-12(18)3-9-6-19-8-21-15(9)10/h1-5H,6-8H2. The van der Waals surface area contributed by atoms with Gasteiger partial charge >= 0.3 is 0 Å². The van der Waals surface area contributed by atoms with E-state index < -0.39 is 0 Å². The van der Waals surface area contributed by atoms with Crippen LogP contribution in [0.4, 0.5) is 4.39 Å². The lowest BCUT2D eigenvalue weighted by Crippen LogP contribution is -2.14. The van der Waals surface area contributed by atoms with E-state index in [2.05, 4.69) is 31.9 Å². The zero-order valence-electron chi connectivity index (χ0n) is 10.9. The molecule has 0 saturated heterocycles. The Morgan fingerprint density at radius 1 is 1.19 bits per heavy atom. The molecule has 0 spiro atoms. The summed E-state index contributed by atoms with van der Waals surface area (Å²) in [5.41, 5.74) is 1.37. The van der Waals surface area contributed by atoms with Gasteiger partial charge in [-0.25, -0.2) is 4.39 Å². The summed E-state index contributed by atoms with van der Waals surface area (Å²) < 4.78 is 31.8. The number of hydrogen-bond donors (Lipinski definition) is 0. The van der Waals surface area contributed by atoms with Crippen LogP contribution in [-0.2, 0) is 18.0 Å². The van der Waals surface area contributed by atoms with Gasteiger partial charge in [0.1, 0.15) is 23.9 Å². The summed E-state index contributed by atoms with van der Waals surface area (Å²) in [7, 11) is 0. The van der Waals surface area contributed by atoms with Gasteiger partial charge in [0.2, 0.25) is 0 Å². The van der Waals surface area contributed by atoms with Crippen molar-refractivity contribution in [2.75, 3.05) is 6.79 Å². The molecule has 21 heavy (non-hydrogen) atoms. The normalized spacial score (nSPS) is 13.5. The van der Waals surface area contributed by atoms with E-state index in [1.807, 2.05) is 18.2 Å². The maximum atomic E-state index is 13.6. The Balaban J connectivity index is 1.83. The van der Waals surface area contributed by atoms with Crippen LogP contribution in [0.15, 0.2) is 39.3 Å². The van der Waals surface area contributed by atoms with E-state index in [0.717, 1.165) is 8.95 Å². The van der Waals surface area contributed by atoms with Gasteiger partial charge < -0.3 is 14.2 Å². The quantitative estimate of drug-likeness (QED) is 0.718. The van der Waals surface area contributed by atoms with E-state index in [1.165, 1.54) is 12.1 Å². The molecule has 3 nitrogen and oxygen atoms in total. The Bertz CT molecular complexity index is 676. The lowest BCUT2D eigenvalue weighted by Gasteiger charge is -2.21. The van der Waals surface area contributed by atoms with Crippen LogP contribution < -0.4 is 9.47 Å². The third-order valence-corrected chi connectivity index (χ3v) is 4.14. The van der Waals surface area contributed by atoms with Gasteiger partial charge in [0.15, 0.2) is 6.79 Å². The molecule has 3 rings (SSSR count). The first kappa shape index (κ1) is 14.8. The van der Waals surface area contributed by atoms with Crippen LogP contribution in [-0.4, -0.2) is 6.79 Å². The Morgan fingerprint density at radius 2 is 2.05 bits per heavy atom. The molecule has 110 valence electrons. The Labute approximate surface area is 138 Å². The minimum Gasteiger partial charge on any atom is -0.488 e. The fourth-order valence-corrected chi connectivity index (χ4v) is 3.27. The molecule has 0 saturated carbocycles. The number of benzene rings is 2. The topological polar surface area (TPSA) is 27.7 Å². The fraction of sp³-hybridized carbons (Fsp3) is 0.200. The number of halogens is 3. The van der Waals surface area contributed by atoms with E-state index in [1.54, 1.807) is 0 Å². The molecule has 0 aromatic heterocycles. The first-order valence-corrected chi connectivity index (χ1v) is 7.82. The molecule has 1 aliphatic rings. The van der Waals surface area contributed by atoms with Gasteiger partial charge in [0.05, 0.1) is 11.1 Å². The number of fused-ring (bicyclic) bond motifs is 1. The molecule has 0 fully saturated rings. The van der Waals surface area contributed by atoms with Crippen LogP contribution in [0.3, 0.4) is 0 Å². The number of hydrogen-bond acceptors (Lipinski definition) is 3. The van der Waals surface area contributed by atoms with E-state index in [4.69, 9.17) is 14.2 Å². The first-order chi connectivity index (χ1) is 10.1. The maximum Gasteiger partial charge on any atom is 0.189 e. The van der Waals surface area contributed by atoms with Crippen LogP contribution in [0.25, 0.3) is 0 Å². The average molecular weight is 418 g/mol. The Morgan fingerprint density at radius 3 is 2.86 bits per heavy atom. The SMILES string of the molecule is Fc1cc2c(c(COc3ccc(Br)cc3Br)c1)OCOC2. The summed E-state index contributed by atoms with van der Waals surface area (Å²) in [6.07, 6.45) is 0. The summed E-state index contributed by atoms with van der Waals surface area (Å²) in [5.74, 6) is 1.01. The van der Waals surface area contributed by atoms with Crippen molar-refractivity contribution in [1.29, 1.82) is 0 Å². The van der Waals surface area contributed by atoms with Gasteiger partial charge in [0, 0.05) is 15.6 Å². The van der Waals surface area contributed by atoms with Gasteiger partial charge in [0.25, 0.3) is 0 Å². The van der Waals surface area contributed by atoms with Crippen LogP contribution in [0.1, 0.15) is 11.1 Å².